The zero-order valence-electron chi connectivity index (χ0n) is 17.1. The normalized spacial score (nSPS) is 17.6. The van der Waals surface area contributed by atoms with E-state index in [1.807, 2.05) is 13.8 Å². The number of furan rings is 1. The number of fused-ring (bicyclic) bond motifs is 1. The molecule has 3 aromatic rings. The molecule has 10 heteroatoms. The molecule has 1 aliphatic heterocycles. The number of aryl methyl sites for hydroxylation is 2. The number of carbonyl (C=O) groups excluding carboxylic acids is 1. The average molecular weight is 449 g/mol. The molecule has 1 fully saturated rings. The number of rotatable bonds is 5. The molecule has 1 atom stereocenters. The minimum Gasteiger partial charge on any atom is -0.461 e. The lowest BCUT2D eigenvalue weighted by atomic mass is 10.0. The van der Waals surface area contributed by atoms with Gasteiger partial charge in [0, 0.05) is 24.5 Å². The first-order valence-corrected chi connectivity index (χ1v) is 12.5. The number of nitrogens with zero attached hydrogens (tertiary/aromatic N) is 3. The highest BCUT2D eigenvalue weighted by Gasteiger charge is 2.31. The number of aromatic nitrogens is 2. The molecular weight excluding hydrogens is 424 g/mol. The molecule has 0 radical (unpaired) electrons. The molecule has 1 amide bonds. The van der Waals surface area contributed by atoms with Crippen LogP contribution in [0.2, 0.25) is 0 Å². The van der Waals surface area contributed by atoms with E-state index in [-0.39, 0.29) is 18.5 Å². The van der Waals surface area contributed by atoms with Gasteiger partial charge in [-0.15, -0.1) is 11.3 Å². The number of thiophene rings is 1. The number of nitrogens with one attached hydrogen (secondary N) is 1. The van der Waals surface area contributed by atoms with Crippen molar-refractivity contribution in [3.8, 4) is 11.6 Å². The summed E-state index contributed by atoms with van der Waals surface area (Å²) in [7, 11) is -3.31. The van der Waals surface area contributed by atoms with Gasteiger partial charge in [0.05, 0.1) is 23.1 Å². The molecule has 160 valence electrons. The third kappa shape index (κ3) is 4.12. The van der Waals surface area contributed by atoms with Crippen LogP contribution < -0.4 is 4.72 Å². The standard InChI is InChI=1S/C20H24N4O4S2/c1-12-16-13(2)22-18(15-8-6-10-28-15)23-19(16)29-17(12)20(25)24-9-5-4-7-14(24)11-21-30(3,26)27/h6,8,10,14,21H,4-5,7,9,11H2,1-3H3. The predicted molar refractivity (Wildman–Crippen MR) is 116 cm³/mol. The summed E-state index contributed by atoms with van der Waals surface area (Å²) < 4.78 is 31.0. The summed E-state index contributed by atoms with van der Waals surface area (Å²) in [6, 6.07) is 3.44. The van der Waals surface area contributed by atoms with Crippen LogP contribution in [0.4, 0.5) is 0 Å². The molecule has 0 aliphatic carbocycles. The van der Waals surface area contributed by atoms with Crippen LogP contribution >= 0.6 is 11.3 Å². The Balaban J connectivity index is 1.68. The van der Waals surface area contributed by atoms with E-state index >= 15 is 0 Å². The Bertz CT molecular complexity index is 1190. The third-order valence-electron chi connectivity index (χ3n) is 5.38. The minimum absolute atomic E-state index is 0.0746. The van der Waals surface area contributed by atoms with Crippen LogP contribution in [-0.2, 0) is 10.0 Å². The minimum atomic E-state index is -3.31. The molecule has 4 rings (SSSR count). The predicted octanol–water partition coefficient (Wildman–Crippen LogP) is 3.11. The van der Waals surface area contributed by atoms with Crippen LogP contribution in [-0.4, -0.2) is 54.6 Å². The van der Waals surface area contributed by atoms with Crippen molar-refractivity contribution in [3.05, 3.63) is 34.5 Å². The van der Waals surface area contributed by atoms with Crippen molar-refractivity contribution >= 4 is 37.5 Å². The number of carbonyl (C=O) groups is 1. The van der Waals surface area contributed by atoms with E-state index in [4.69, 9.17) is 4.42 Å². The fourth-order valence-corrected chi connectivity index (χ4v) is 5.60. The van der Waals surface area contributed by atoms with E-state index in [0.29, 0.717) is 23.0 Å². The maximum atomic E-state index is 13.4. The highest BCUT2D eigenvalue weighted by molar-refractivity contribution is 7.88. The summed E-state index contributed by atoms with van der Waals surface area (Å²) in [5.41, 5.74) is 1.66. The molecule has 30 heavy (non-hydrogen) atoms. The monoisotopic (exact) mass is 448 g/mol. The summed E-state index contributed by atoms with van der Waals surface area (Å²) in [6.07, 6.45) is 5.37. The number of piperidine rings is 1. The van der Waals surface area contributed by atoms with Crippen molar-refractivity contribution in [2.24, 2.45) is 0 Å². The number of hydrogen-bond donors (Lipinski definition) is 1. The van der Waals surface area contributed by atoms with E-state index in [1.54, 1.807) is 23.3 Å². The smallest absolute Gasteiger partial charge is 0.264 e. The summed E-state index contributed by atoms with van der Waals surface area (Å²) in [5.74, 6) is 1.01. The van der Waals surface area contributed by atoms with Gasteiger partial charge in [-0.3, -0.25) is 4.79 Å². The van der Waals surface area contributed by atoms with Crippen LogP contribution in [0.5, 0.6) is 0 Å². The molecule has 8 nitrogen and oxygen atoms in total. The van der Waals surface area contributed by atoms with Crippen molar-refractivity contribution in [1.29, 1.82) is 0 Å². The van der Waals surface area contributed by atoms with E-state index in [1.165, 1.54) is 11.3 Å². The van der Waals surface area contributed by atoms with Gasteiger partial charge in [-0.05, 0) is 50.8 Å². The van der Waals surface area contributed by atoms with Gasteiger partial charge in [-0.1, -0.05) is 0 Å². The Kier molecular flexibility index (Phi) is 5.65. The molecule has 1 N–H and O–H groups in total. The summed E-state index contributed by atoms with van der Waals surface area (Å²) in [4.78, 5) is 25.8. The molecule has 4 heterocycles. The fraction of sp³-hybridized carbons (Fsp3) is 0.450. The van der Waals surface area contributed by atoms with Crippen molar-refractivity contribution in [2.45, 2.75) is 39.2 Å². The molecule has 1 unspecified atom stereocenters. The first-order valence-electron chi connectivity index (χ1n) is 9.82. The molecule has 0 aromatic carbocycles. The highest BCUT2D eigenvalue weighted by Crippen LogP contribution is 2.34. The Labute approximate surface area is 179 Å². The molecular formula is C20H24N4O4S2. The Morgan fingerprint density at radius 2 is 2.13 bits per heavy atom. The van der Waals surface area contributed by atoms with Gasteiger partial charge in [0.25, 0.3) is 5.91 Å². The second-order valence-electron chi connectivity index (χ2n) is 7.62. The van der Waals surface area contributed by atoms with Crippen LogP contribution in [0, 0.1) is 13.8 Å². The van der Waals surface area contributed by atoms with Crippen molar-refractivity contribution in [2.75, 3.05) is 19.3 Å². The Hall–Kier alpha value is -2.30. The van der Waals surface area contributed by atoms with E-state index in [9.17, 15) is 13.2 Å². The van der Waals surface area contributed by atoms with Gasteiger partial charge in [0.2, 0.25) is 10.0 Å². The Morgan fingerprint density at radius 1 is 1.33 bits per heavy atom. The SMILES string of the molecule is Cc1nc(-c2ccco2)nc2sc(C(=O)N3CCCCC3CNS(C)(=O)=O)c(C)c12. The largest absolute Gasteiger partial charge is 0.461 e. The molecule has 0 saturated carbocycles. The average Bonchev–Trinajstić information content (AvgIpc) is 3.34. The maximum Gasteiger partial charge on any atom is 0.264 e. The maximum absolute atomic E-state index is 13.4. The van der Waals surface area contributed by atoms with Gasteiger partial charge in [-0.2, -0.15) is 0 Å². The van der Waals surface area contributed by atoms with E-state index in [0.717, 1.165) is 47.0 Å². The van der Waals surface area contributed by atoms with Gasteiger partial charge < -0.3 is 9.32 Å². The third-order valence-corrected chi connectivity index (χ3v) is 7.24. The van der Waals surface area contributed by atoms with Crippen molar-refractivity contribution in [1.82, 2.24) is 19.6 Å². The molecule has 3 aromatic heterocycles. The van der Waals surface area contributed by atoms with Gasteiger partial charge in [0.15, 0.2) is 11.6 Å². The van der Waals surface area contributed by atoms with Crippen LogP contribution in [0.3, 0.4) is 0 Å². The summed E-state index contributed by atoms with van der Waals surface area (Å²) >= 11 is 1.35. The lowest BCUT2D eigenvalue weighted by Crippen LogP contribution is -2.49. The van der Waals surface area contributed by atoms with Gasteiger partial charge in [0.1, 0.15) is 4.83 Å². The molecule has 0 bridgehead atoms. The van der Waals surface area contributed by atoms with Crippen molar-refractivity contribution in [3.63, 3.8) is 0 Å². The molecule has 0 spiro atoms. The zero-order valence-corrected chi connectivity index (χ0v) is 18.8. The fourth-order valence-electron chi connectivity index (χ4n) is 3.92. The Morgan fingerprint density at radius 3 is 2.83 bits per heavy atom. The van der Waals surface area contributed by atoms with E-state index in [2.05, 4.69) is 14.7 Å². The topological polar surface area (TPSA) is 105 Å². The van der Waals surface area contributed by atoms with Gasteiger partial charge in [-0.25, -0.2) is 23.1 Å². The molecule has 1 saturated heterocycles. The number of hydrogen-bond acceptors (Lipinski definition) is 7. The van der Waals surface area contributed by atoms with Crippen LogP contribution in [0.1, 0.15) is 40.2 Å². The first kappa shape index (κ1) is 21.0. The number of sulfonamides is 1. The second-order valence-corrected chi connectivity index (χ2v) is 10.4. The number of amides is 1. The van der Waals surface area contributed by atoms with Crippen LogP contribution in [0.25, 0.3) is 21.8 Å². The summed E-state index contributed by atoms with van der Waals surface area (Å²) in [6.45, 7) is 4.67. The number of likely N-dealkylation sites (tertiary alicyclic amines) is 1. The second kappa shape index (κ2) is 8.09. The van der Waals surface area contributed by atoms with Crippen molar-refractivity contribution < 1.29 is 17.6 Å². The summed E-state index contributed by atoms with van der Waals surface area (Å²) in [5, 5.41) is 0.890. The highest BCUT2D eigenvalue weighted by atomic mass is 32.2. The van der Waals surface area contributed by atoms with Crippen LogP contribution in [0.15, 0.2) is 22.8 Å². The zero-order chi connectivity index (χ0) is 21.5. The first-order chi connectivity index (χ1) is 14.2. The molecule has 1 aliphatic rings. The lowest BCUT2D eigenvalue weighted by Gasteiger charge is -2.35. The lowest BCUT2D eigenvalue weighted by molar-refractivity contribution is 0.0623. The van der Waals surface area contributed by atoms with E-state index < -0.39 is 10.0 Å². The quantitative estimate of drug-likeness (QED) is 0.643. The van der Waals surface area contributed by atoms with Gasteiger partial charge >= 0.3 is 0 Å².